The molecular weight excluding hydrogens is 350 g/mol. The van der Waals surface area contributed by atoms with Gasteiger partial charge >= 0.3 is 5.97 Å². The topological polar surface area (TPSA) is 46.6 Å². The summed E-state index contributed by atoms with van der Waals surface area (Å²) in [4.78, 5) is 26.8. The van der Waals surface area contributed by atoms with Gasteiger partial charge in [-0.05, 0) is 28.8 Å². The van der Waals surface area contributed by atoms with Gasteiger partial charge in [-0.15, -0.1) is 0 Å². The Kier molecular flexibility index (Phi) is 4.94. The molecule has 1 fully saturated rings. The maximum absolute atomic E-state index is 13.0. The Morgan fingerprint density at radius 2 is 1.39 bits per heavy atom. The number of carbonyl (C=O) groups excluding carboxylic acids is 2. The second-order valence-corrected chi connectivity index (χ2v) is 6.86. The summed E-state index contributed by atoms with van der Waals surface area (Å²) in [6, 6.07) is 26.7. The summed E-state index contributed by atoms with van der Waals surface area (Å²) < 4.78 is 4.90. The smallest absolute Gasteiger partial charge is 0.328 e. The number of rotatable bonds is 4. The van der Waals surface area contributed by atoms with Crippen LogP contribution in [0.2, 0.25) is 0 Å². The van der Waals surface area contributed by atoms with Crippen LogP contribution in [0.15, 0.2) is 84.9 Å². The standard InChI is InChI=1S/C24H21NO3/c1-28-24(27)22-16-21(25(22)23(26)20-10-6-3-7-11-20)19-14-12-18(13-15-19)17-8-4-2-5-9-17/h2-15,21-22H,16H2,1H3/t21?,22-/m0/s1. The highest BCUT2D eigenvalue weighted by molar-refractivity contribution is 5.98. The zero-order chi connectivity index (χ0) is 19.5. The van der Waals surface area contributed by atoms with Crippen LogP contribution < -0.4 is 0 Å². The molecule has 4 nitrogen and oxygen atoms in total. The van der Waals surface area contributed by atoms with E-state index in [0.29, 0.717) is 12.0 Å². The fraction of sp³-hybridized carbons (Fsp3) is 0.167. The van der Waals surface area contributed by atoms with E-state index in [1.54, 1.807) is 17.0 Å². The Hall–Kier alpha value is -3.40. The Labute approximate surface area is 164 Å². The second-order valence-electron chi connectivity index (χ2n) is 6.86. The SMILES string of the molecule is COC(=O)[C@@H]1CC(c2ccc(-c3ccccc3)cc2)N1C(=O)c1ccccc1. The van der Waals surface area contributed by atoms with E-state index < -0.39 is 6.04 Å². The average molecular weight is 371 g/mol. The molecule has 1 aliphatic heterocycles. The fourth-order valence-electron chi connectivity index (χ4n) is 3.70. The van der Waals surface area contributed by atoms with Crippen molar-refractivity contribution in [1.29, 1.82) is 0 Å². The van der Waals surface area contributed by atoms with Crippen LogP contribution in [0.25, 0.3) is 11.1 Å². The summed E-state index contributed by atoms with van der Waals surface area (Å²) in [5.74, 6) is -0.527. The fourth-order valence-corrected chi connectivity index (χ4v) is 3.70. The first kappa shape index (κ1) is 18.0. The third kappa shape index (κ3) is 3.29. The lowest BCUT2D eigenvalue weighted by Gasteiger charge is -2.47. The van der Waals surface area contributed by atoms with Crippen LogP contribution in [0.3, 0.4) is 0 Å². The van der Waals surface area contributed by atoms with Crippen molar-refractivity contribution in [2.75, 3.05) is 7.11 Å². The maximum atomic E-state index is 13.0. The molecule has 28 heavy (non-hydrogen) atoms. The third-order valence-electron chi connectivity index (χ3n) is 5.25. The molecule has 0 N–H and O–H groups in total. The van der Waals surface area contributed by atoms with Gasteiger partial charge < -0.3 is 9.64 Å². The van der Waals surface area contributed by atoms with Gasteiger partial charge in [-0.1, -0.05) is 72.8 Å². The van der Waals surface area contributed by atoms with E-state index in [2.05, 4.69) is 24.3 Å². The molecule has 1 unspecified atom stereocenters. The number of benzene rings is 3. The minimum atomic E-state index is -0.545. The van der Waals surface area contributed by atoms with Gasteiger partial charge in [0.1, 0.15) is 6.04 Å². The predicted molar refractivity (Wildman–Crippen MR) is 108 cm³/mol. The quantitative estimate of drug-likeness (QED) is 0.635. The van der Waals surface area contributed by atoms with Crippen molar-refractivity contribution in [3.05, 3.63) is 96.1 Å². The highest BCUT2D eigenvalue weighted by Gasteiger charge is 2.47. The number of ether oxygens (including phenoxy) is 1. The molecule has 0 radical (unpaired) electrons. The van der Waals surface area contributed by atoms with E-state index in [1.807, 2.05) is 48.5 Å². The molecule has 3 aromatic rings. The van der Waals surface area contributed by atoms with Crippen molar-refractivity contribution in [3.8, 4) is 11.1 Å². The van der Waals surface area contributed by atoms with E-state index in [9.17, 15) is 9.59 Å². The van der Waals surface area contributed by atoms with Gasteiger partial charge in [0.2, 0.25) is 0 Å². The summed E-state index contributed by atoms with van der Waals surface area (Å²) in [6.45, 7) is 0. The molecule has 1 saturated heterocycles. The first-order chi connectivity index (χ1) is 13.7. The van der Waals surface area contributed by atoms with Gasteiger partial charge in [-0.3, -0.25) is 4.79 Å². The van der Waals surface area contributed by atoms with Gasteiger partial charge in [0.15, 0.2) is 0 Å². The molecule has 0 bridgehead atoms. The molecular formula is C24H21NO3. The number of methoxy groups -OCH3 is 1. The monoisotopic (exact) mass is 371 g/mol. The minimum absolute atomic E-state index is 0.137. The van der Waals surface area contributed by atoms with Gasteiger partial charge in [0.05, 0.1) is 13.2 Å². The number of hydrogen-bond donors (Lipinski definition) is 0. The van der Waals surface area contributed by atoms with E-state index >= 15 is 0 Å². The van der Waals surface area contributed by atoms with Crippen molar-refractivity contribution in [2.45, 2.75) is 18.5 Å². The maximum Gasteiger partial charge on any atom is 0.328 e. The number of likely N-dealkylation sites (tertiary alicyclic amines) is 1. The van der Waals surface area contributed by atoms with Crippen molar-refractivity contribution >= 4 is 11.9 Å². The molecule has 3 aromatic carbocycles. The Morgan fingerprint density at radius 3 is 2.00 bits per heavy atom. The first-order valence-electron chi connectivity index (χ1n) is 9.30. The lowest BCUT2D eigenvalue weighted by Crippen LogP contribution is -2.57. The molecule has 1 aliphatic rings. The van der Waals surface area contributed by atoms with Gasteiger partial charge in [0, 0.05) is 12.0 Å². The Morgan fingerprint density at radius 1 is 0.821 bits per heavy atom. The molecule has 0 spiro atoms. The summed E-state index contributed by atoms with van der Waals surface area (Å²) in [5.41, 5.74) is 3.85. The summed E-state index contributed by atoms with van der Waals surface area (Å²) >= 11 is 0. The van der Waals surface area contributed by atoms with Gasteiger partial charge in [-0.2, -0.15) is 0 Å². The molecule has 140 valence electrons. The molecule has 4 rings (SSSR count). The van der Waals surface area contributed by atoms with Gasteiger partial charge in [0.25, 0.3) is 5.91 Å². The lowest BCUT2D eigenvalue weighted by molar-refractivity contribution is -0.153. The van der Waals surface area contributed by atoms with Crippen LogP contribution in [0.5, 0.6) is 0 Å². The van der Waals surface area contributed by atoms with Crippen molar-refractivity contribution in [2.24, 2.45) is 0 Å². The van der Waals surface area contributed by atoms with Gasteiger partial charge in [-0.25, -0.2) is 4.79 Å². The zero-order valence-corrected chi connectivity index (χ0v) is 15.6. The lowest BCUT2D eigenvalue weighted by atomic mass is 9.85. The summed E-state index contributed by atoms with van der Waals surface area (Å²) in [7, 11) is 1.36. The van der Waals surface area contributed by atoms with Crippen LogP contribution in [0, 0.1) is 0 Å². The molecule has 4 heteroatoms. The summed E-state index contributed by atoms with van der Waals surface area (Å²) in [6.07, 6.45) is 0.565. The third-order valence-corrected chi connectivity index (χ3v) is 5.25. The van der Waals surface area contributed by atoms with Crippen molar-refractivity contribution in [3.63, 3.8) is 0 Å². The van der Waals surface area contributed by atoms with Crippen LogP contribution in [0.4, 0.5) is 0 Å². The van der Waals surface area contributed by atoms with Crippen LogP contribution >= 0.6 is 0 Å². The molecule has 0 saturated carbocycles. The molecule has 0 aliphatic carbocycles. The highest BCUT2D eigenvalue weighted by atomic mass is 16.5. The first-order valence-corrected chi connectivity index (χ1v) is 9.30. The number of esters is 1. The van der Waals surface area contributed by atoms with Crippen molar-refractivity contribution < 1.29 is 14.3 Å². The number of carbonyl (C=O) groups is 2. The average Bonchev–Trinajstić information content (AvgIpc) is 2.74. The minimum Gasteiger partial charge on any atom is -0.467 e. The van der Waals surface area contributed by atoms with E-state index in [0.717, 1.165) is 16.7 Å². The Balaban J connectivity index is 1.61. The number of nitrogens with zero attached hydrogens (tertiary/aromatic N) is 1. The predicted octanol–water partition coefficient (Wildman–Crippen LogP) is 4.48. The van der Waals surface area contributed by atoms with E-state index in [1.165, 1.54) is 7.11 Å². The number of amides is 1. The van der Waals surface area contributed by atoms with Crippen molar-refractivity contribution in [1.82, 2.24) is 4.90 Å². The second kappa shape index (κ2) is 7.69. The van der Waals surface area contributed by atoms with E-state index in [4.69, 9.17) is 4.74 Å². The van der Waals surface area contributed by atoms with E-state index in [-0.39, 0.29) is 17.9 Å². The normalized spacial score (nSPS) is 18.2. The van der Waals surface area contributed by atoms with Crippen LogP contribution in [0.1, 0.15) is 28.4 Å². The molecule has 2 atom stereocenters. The zero-order valence-electron chi connectivity index (χ0n) is 15.6. The highest BCUT2D eigenvalue weighted by Crippen LogP contribution is 2.41. The largest absolute Gasteiger partial charge is 0.467 e. The number of hydrogen-bond acceptors (Lipinski definition) is 3. The van der Waals surface area contributed by atoms with Crippen LogP contribution in [-0.4, -0.2) is 29.9 Å². The Bertz CT molecular complexity index is 968. The molecule has 1 amide bonds. The molecule has 1 heterocycles. The van der Waals surface area contributed by atoms with Crippen LogP contribution in [-0.2, 0) is 9.53 Å². The molecule has 0 aromatic heterocycles. The summed E-state index contributed by atoms with van der Waals surface area (Å²) in [5, 5.41) is 0.